The topological polar surface area (TPSA) is 17.8 Å². The first-order valence-corrected chi connectivity index (χ1v) is 4.74. The molecule has 1 aromatic carbocycles. The molecule has 2 heteroatoms. The fourth-order valence-electron chi connectivity index (χ4n) is 1.59. The average molecular weight is 186 g/mol. The fraction of sp³-hybridized carbons (Fsp3) is 0.250. The summed E-state index contributed by atoms with van der Waals surface area (Å²) in [7, 11) is 1.97. The van der Waals surface area contributed by atoms with Crippen molar-refractivity contribution < 1.29 is 0 Å². The van der Waals surface area contributed by atoms with Crippen molar-refractivity contribution >= 4 is 0 Å². The van der Waals surface area contributed by atoms with Gasteiger partial charge in [-0.2, -0.15) is 5.10 Å². The third-order valence-corrected chi connectivity index (χ3v) is 2.56. The molecule has 0 saturated carbocycles. The van der Waals surface area contributed by atoms with Gasteiger partial charge in [0.2, 0.25) is 0 Å². The molecule has 0 spiro atoms. The molecule has 2 aromatic rings. The van der Waals surface area contributed by atoms with Crippen molar-refractivity contribution in [3.63, 3.8) is 0 Å². The summed E-state index contributed by atoms with van der Waals surface area (Å²) in [5.74, 6) is 0. The van der Waals surface area contributed by atoms with E-state index in [9.17, 15) is 0 Å². The zero-order chi connectivity index (χ0) is 10.1. The highest BCUT2D eigenvalue weighted by Gasteiger charge is 2.05. The molecule has 0 unspecified atom stereocenters. The fourth-order valence-corrected chi connectivity index (χ4v) is 1.59. The molecule has 0 saturated heterocycles. The molecule has 0 aliphatic heterocycles. The number of hydrogen-bond donors (Lipinski definition) is 0. The lowest BCUT2D eigenvalue weighted by atomic mass is 10.0. The number of aryl methyl sites for hydroxylation is 2. The van der Waals surface area contributed by atoms with E-state index in [1.807, 2.05) is 17.9 Å². The van der Waals surface area contributed by atoms with Gasteiger partial charge in [0, 0.05) is 18.3 Å². The Morgan fingerprint density at radius 2 is 2.00 bits per heavy atom. The van der Waals surface area contributed by atoms with Gasteiger partial charge in [-0.05, 0) is 19.4 Å². The van der Waals surface area contributed by atoms with Crippen LogP contribution in [-0.2, 0) is 7.05 Å². The van der Waals surface area contributed by atoms with Crippen molar-refractivity contribution in [2.45, 2.75) is 13.8 Å². The summed E-state index contributed by atoms with van der Waals surface area (Å²) in [6.07, 6.45) is 1.92. The van der Waals surface area contributed by atoms with Crippen LogP contribution in [0.1, 0.15) is 11.3 Å². The molecule has 2 rings (SSSR count). The van der Waals surface area contributed by atoms with E-state index in [2.05, 4.69) is 43.2 Å². The average Bonchev–Trinajstić information content (AvgIpc) is 2.48. The predicted molar refractivity (Wildman–Crippen MR) is 58.1 cm³/mol. The monoisotopic (exact) mass is 186 g/mol. The molecule has 72 valence electrons. The van der Waals surface area contributed by atoms with Crippen LogP contribution in [-0.4, -0.2) is 9.78 Å². The van der Waals surface area contributed by atoms with Gasteiger partial charge in [0.25, 0.3) is 0 Å². The summed E-state index contributed by atoms with van der Waals surface area (Å²) < 4.78 is 1.90. The maximum atomic E-state index is 4.24. The van der Waals surface area contributed by atoms with Crippen LogP contribution in [0.15, 0.2) is 30.5 Å². The van der Waals surface area contributed by atoms with Crippen LogP contribution in [0.25, 0.3) is 11.1 Å². The number of nitrogens with zero attached hydrogens (tertiary/aromatic N) is 2. The van der Waals surface area contributed by atoms with Crippen LogP contribution in [0.5, 0.6) is 0 Å². The van der Waals surface area contributed by atoms with Gasteiger partial charge in [-0.3, -0.25) is 4.68 Å². The van der Waals surface area contributed by atoms with Crippen molar-refractivity contribution in [2.75, 3.05) is 0 Å². The SMILES string of the molecule is Cc1cccc(-c2cnn(C)c2C)c1. The largest absolute Gasteiger partial charge is 0.272 e. The van der Waals surface area contributed by atoms with Gasteiger partial charge in [0.15, 0.2) is 0 Å². The van der Waals surface area contributed by atoms with Crippen molar-refractivity contribution in [3.8, 4) is 11.1 Å². The van der Waals surface area contributed by atoms with E-state index in [1.54, 1.807) is 0 Å². The summed E-state index contributed by atoms with van der Waals surface area (Å²) in [4.78, 5) is 0. The first-order valence-electron chi connectivity index (χ1n) is 4.74. The first-order chi connectivity index (χ1) is 6.68. The van der Waals surface area contributed by atoms with Crippen molar-refractivity contribution in [1.29, 1.82) is 0 Å². The molecule has 0 radical (unpaired) electrons. The zero-order valence-corrected chi connectivity index (χ0v) is 8.78. The summed E-state index contributed by atoms with van der Waals surface area (Å²) in [6.45, 7) is 4.19. The molecule has 14 heavy (non-hydrogen) atoms. The van der Waals surface area contributed by atoms with Crippen molar-refractivity contribution in [1.82, 2.24) is 9.78 Å². The molecule has 1 aromatic heterocycles. The van der Waals surface area contributed by atoms with E-state index < -0.39 is 0 Å². The van der Waals surface area contributed by atoms with Crippen LogP contribution >= 0.6 is 0 Å². The van der Waals surface area contributed by atoms with Crippen molar-refractivity contribution in [2.24, 2.45) is 7.05 Å². The van der Waals surface area contributed by atoms with Gasteiger partial charge in [-0.25, -0.2) is 0 Å². The van der Waals surface area contributed by atoms with Crippen LogP contribution in [0, 0.1) is 13.8 Å². The normalized spacial score (nSPS) is 10.5. The minimum Gasteiger partial charge on any atom is -0.272 e. The highest BCUT2D eigenvalue weighted by atomic mass is 15.3. The second-order valence-corrected chi connectivity index (χ2v) is 3.64. The molecule has 0 aliphatic rings. The molecule has 2 nitrogen and oxygen atoms in total. The maximum absolute atomic E-state index is 4.24. The standard InChI is InChI=1S/C12H14N2/c1-9-5-4-6-11(7-9)12-8-13-14(3)10(12)2/h4-8H,1-3H3. The van der Waals surface area contributed by atoms with Gasteiger partial charge in [0.05, 0.1) is 6.20 Å². The van der Waals surface area contributed by atoms with E-state index >= 15 is 0 Å². The number of aromatic nitrogens is 2. The Balaban J connectivity index is 2.55. The van der Waals surface area contributed by atoms with Gasteiger partial charge in [0.1, 0.15) is 0 Å². The van der Waals surface area contributed by atoms with Gasteiger partial charge in [-0.15, -0.1) is 0 Å². The Kier molecular flexibility index (Phi) is 2.12. The Labute approximate surface area is 84.2 Å². The van der Waals surface area contributed by atoms with Crippen molar-refractivity contribution in [3.05, 3.63) is 41.7 Å². The molecule has 0 atom stereocenters. The summed E-state index contributed by atoms with van der Waals surface area (Å²) in [6, 6.07) is 8.49. The third kappa shape index (κ3) is 1.43. The lowest BCUT2D eigenvalue weighted by Gasteiger charge is -2.01. The molecule has 0 N–H and O–H groups in total. The molecule has 0 amide bonds. The lowest BCUT2D eigenvalue weighted by molar-refractivity contribution is 0.740. The van der Waals surface area contributed by atoms with E-state index in [-0.39, 0.29) is 0 Å². The quantitative estimate of drug-likeness (QED) is 0.669. The summed E-state index contributed by atoms with van der Waals surface area (Å²) in [5, 5.41) is 4.24. The van der Waals surface area contributed by atoms with E-state index in [1.165, 1.54) is 22.4 Å². The zero-order valence-electron chi connectivity index (χ0n) is 8.78. The maximum Gasteiger partial charge on any atom is 0.0571 e. The third-order valence-electron chi connectivity index (χ3n) is 2.56. The Bertz CT molecular complexity index is 455. The minimum absolute atomic E-state index is 1.20. The summed E-state index contributed by atoms with van der Waals surface area (Å²) >= 11 is 0. The number of benzene rings is 1. The number of hydrogen-bond acceptors (Lipinski definition) is 1. The highest BCUT2D eigenvalue weighted by molar-refractivity contribution is 5.65. The van der Waals surface area contributed by atoms with Gasteiger partial charge in [-0.1, -0.05) is 29.8 Å². The Hall–Kier alpha value is -1.57. The smallest absolute Gasteiger partial charge is 0.0571 e. The van der Waals surface area contributed by atoms with E-state index in [4.69, 9.17) is 0 Å². The molecule has 1 heterocycles. The molecule has 0 aliphatic carbocycles. The highest BCUT2D eigenvalue weighted by Crippen LogP contribution is 2.22. The van der Waals surface area contributed by atoms with E-state index in [0.717, 1.165) is 0 Å². The van der Waals surface area contributed by atoms with Crippen LogP contribution < -0.4 is 0 Å². The summed E-state index contributed by atoms with van der Waals surface area (Å²) in [5.41, 5.74) is 4.95. The molecule has 0 fully saturated rings. The first kappa shape index (κ1) is 9.00. The van der Waals surface area contributed by atoms with E-state index in [0.29, 0.717) is 0 Å². The van der Waals surface area contributed by atoms with Gasteiger partial charge >= 0.3 is 0 Å². The molecule has 0 bridgehead atoms. The molecular formula is C12H14N2. The lowest BCUT2D eigenvalue weighted by Crippen LogP contribution is -1.92. The Morgan fingerprint density at radius 1 is 1.21 bits per heavy atom. The Morgan fingerprint density at radius 3 is 2.57 bits per heavy atom. The predicted octanol–water partition coefficient (Wildman–Crippen LogP) is 2.70. The molecular weight excluding hydrogens is 172 g/mol. The minimum atomic E-state index is 1.20. The van der Waals surface area contributed by atoms with Crippen LogP contribution in [0.2, 0.25) is 0 Å². The van der Waals surface area contributed by atoms with Crippen LogP contribution in [0.3, 0.4) is 0 Å². The number of rotatable bonds is 1. The van der Waals surface area contributed by atoms with Gasteiger partial charge < -0.3 is 0 Å². The second kappa shape index (κ2) is 3.29. The van der Waals surface area contributed by atoms with Crippen LogP contribution in [0.4, 0.5) is 0 Å². The second-order valence-electron chi connectivity index (χ2n) is 3.64.